The molecule has 2 aliphatic heterocycles. The number of amides is 3. The number of rotatable bonds is 3. The Balaban J connectivity index is 1.58. The molecule has 0 radical (unpaired) electrons. The Hall–Kier alpha value is -2.08. The van der Waals surface area contributed by atoms with Gasteiger partial charge in [-0.2, -0.15) is 0 Å². The fraction of sp³-hybridized carbons (Fsp3) is 0.579. The van der Waals surface area contributed by atoms with Gasteiger partial charge >= 0.3 is 6.03 Å². The summed E-state index contributed by atoms with van der Waals surface area (Å²) in [4.78, 5) is 29.0. The number of carbonyl (C=O) groups excluding carboxylic acids is 2. The summed E-state index contributed by atoms with van der Waals surface area (Å²) in [6.07, 6.45) is 2.73. The first-order chi connectivity index (χ1) is 12.0. The third kappa shape index (κ3) is 4.31. The number of nitrogens with zero attached hydrogens (tertiary/aromatic N) is 2. The Morgan fingerprint density at radius 1 is 1.32 bits per heavy atom. The lowest BCUT2D eigenvalue weighted by Crippen LogP contribution is -2.49. The molecule has 0 spiro atoms. The summed E-state index contributed by atoms with van der Waals surface area (Å²) in [6, 6.07) is 7.93. The predicted octanol–water partition coefficient (Wildman–Crippen LogP) is 2.06. The number of hydrogen-bond donors (Lipinski definition) is 2. The van der Waals surface area contributed by atoms with E-state index in [4.69, 9.17) is 0 Å². The van der Waals surface area contributed by atoms with Gasteiger partial charge in [0.1, 0.15) is 0 Å². The van der Waals surface area contributed by atoms with Gasteiger partial charge in [-0.05, 0) is 50.4 Å². The number of piperidine rings is 1. The van der Waals surface area contributed by atoms with E-state index < -0.39 is 0 Å². The first-order valence-electron chi connectivity index (χ1n) is 9.14. The summed E-state index contributed by atoms with van der Waals surface area (Å²) in [5, 5.41) is 6.25. The molecule has 136 valence electrons. The zero-order valence-corrected chi connectivity index (χ0v) is 15.1. The maximum Gasteiger partial charge on any atom is 0.321 e. The molecule has 0 aliphatic carbocycles. The van der Waals surface area contributed by atoms with Crippen molar-refractivity contribution in [3.05, 3.63) is 29.8 Å². The van der Waals surface area contributed by atoms with Crippen LogP contribution in [0, 0.1) is 12.8 Å². The standard InChI is InChI=1S/C19H28N4O2/c1-14-5-3-7-16(11-14)21-19(25)23-10-4-6-15(13-23)18(24)22(2)17-8-9-20-12-17/h3,5,7,11,15,17,20H,4,6,8-10,12-13H2,1-2H3,(H,21,25). The van der Waals surface area contributed by atoms with Gasteiger partial charge in [0.2, 0.25) is 5.91 Å². The number of benzene rings is 1. The van der Waals surface area contributed by atoms with E-state index in [-0.39, 0.29) is 23.9 Å². The molecule has 0 aromatic heterocycles. The maximum absolute atomic E-state index is 12.8. The van der Waals surface area contributed by atoms with Crippen molar-refractivity contribution < 1.29 is 9.59 Å². The highest BCUT2D eigenvalue weighted by Gasteiger charge is 2.33. The minimum absolute atomic E-state index is 0.0948. The highest BCUT2D eigenvalue weighted by Crippen LogP contribution is 2.21. The Kier molecular flexibility index (Phi) is 5.58. The number of urea groups is 1. The monoisotopic (exact) mass is 344 g/mol. The second-order valence-electron chi connectivity index (χ2n) is 7.18. The average molecular weight is 344 g/mol. The van der Waals surface area contributed by atoms with Crippen molar-refractivity contribution in [2.75, 3.05) is 38.5 Å². The van der Waals surface area contributed by atoms with Crippen molar-refractivity contribution in [2.24, 2.45) is 5.92 Å². The molecule has 6 heteroatoms. The van der Waals surface area contributed by atoms with E-state index in [2.05, 4.69) is 10.6 Å². The van der Waals surface area contributed by atoms with Crippen LogP contribution >= 0.6 is 0 Å². The minimum Gasteiger partial charge on any atom is -0.341 e. The van der Waals surface area contributed by atoms with Crippen LogP contribution in [-0.2, 0) is 4.79 Å². The van der Waals surface area contributed by atoms with Gasteiger partial charge in [0.25, 0.3) is 0 Å². The van der Waals surface area contributed by atoms with Gasteiger partial charge in [-0.25, -0.2) is 4.79 Å². The number of anilines is 1. The summed E-state index contributed by atoms with van der Waals surface area (Å²) in [7, 11) is 1.89. The van der Waals surface area contributed by atoms with E-state index in [1.165, 1.54) is 0 Å². The number of carbonyl (C=O) groups is 2. The topological polar surface area (TPSA) is 64.7 Å². The summed E-state index contributed by atoms with van der Waals surface area (Å²) in [5.41, 5.74) is 1.91. The molecule has 2 fully saturated rings. The molecule has 3 amide bonds. The van der Waals surface area contributed by atoms with E-state index in [0.29, 0.717) is 13.1 Å². The largest absolute Gasteiger partial charge is 0.341 e. The van der Waals surface area contributed by atoms with Gasteiger partial charge in [0.15, 0.2) is 0 Å². The lowest BCUT2D eigenvalue weighted by Gasteiger charge is -2.35. The quantitative estimate of drug-likeness (QED) is 0.882. The lowest BCUT2D eigenvalue weighted by molar-refractivity contribution is -0.137. The van der Waals surface area contributed by atoms with Crippen molar-refractivity contribution in [1.82, 2.24) is 15.1 Å². The normalized spacial score (nSPS) is 23.4. The van der Waals surface area contributed by atoms with E-state index in [1.807, 2.05) is 43.1 Å². The van der Waals surface area contributed by atoms with E-state index in [9.17, 15) is 9.59 Å². The second kappa shape index (κ2) is 7.87. The van der Waals surface area contributed by atoms with Crippen LogP contribution < -0.4 is 10.6 Å². The molecule has 1 aromatic carbocycles. The van der Waals surface area contributed by atoms with Crippen LogP contribution in [0.25, 0.3) is 0 Å². The number of aryl methyl sites for hydroxylation is 1. The van der Waals surface area contributed by atoms with Crippen LogP contribution in [0.4, 0.5) is 10.5 Å². The van der Waals surface area contributed by atoms with Gasteiger partial charge in [-0.1, -0.05) is 12.1 Å². The Morgan fingerprint density at radius 2 is 2.16 bits per heavy atom. The number of hydrogen-bond acceptors (Lipinski definition) is 3. The molecule has 2 atom stereocenters. The van der Waals surface area contributed by atoms with Gasteiger partial charge in [-0.3, -0.25) is 4.79 Å². The van der Waals surface area contributed by atoms with Gasteiger partial charge in [0, 0.05) is 38.4 Å². The second-order valence-corrected chi connectivity index (χ2v) is 7.18. The third-order valence-corrected chi connectivity index (χ3v) is 5.26. The van der Waals surface area contributed by atoms with Gasteiger partial charge in [0.05, 0.1) is 5.92 Å². The number of nitrogens with one attached hydrogen (secondary N) is 2. The van der Waals surface area contributed by atoms with Crippen LogP contribution in [0.3, 0.4) is 0 Å². The van der Waals surface area contributed by atoms with Crippen molar-refractivity contribution in [1.29, 1.82) is 0 Å². The Morgan fingerprint density at radius 3 is 2.88 bits per heavy atom. The molecule has 2 N–H and O–H groups in total. The van der Waals surface area contributed by atoms with Crippen LogP contribution in [0.5, 0.6) is 0 Å². The maximum atomic E-state index is 12.8. The van der Waals surface area contributed by atoms with Crippen LogP contribution in [-0.4, -0.2) is 61.0 Å². The van der Waals surface area contributed by atoms with Crippen LogP contribution in [0.1, 0.15) is 24.8 Å². The van der Waals surface area contributed by atoms with Gasteiger partial charge < -0.3 is 20.4 Å². The van der Waals surface area contributed by atoms with Crippen molar-refractivity contribution in [3.63, 3.8) is 0 Å². The van der Waals surface area contributed by atoms with Crippen LogP contribution in [0.15, 0.2) is 24.3 Å². The highest BCUT2D eigenvalue weighted by atomic mass is 16.2. The van der Waals surface area contributed by atoms with E-state index in [1.54, 1.807) is 4.90 Å². The van der Waals surface area contributed by atoms with Crippen molar-refractivity contribution >= 4 is 17.6 Å². The molecular formula is C19H28N4O2. The molecule has 6 nitrogen and oxygen atoms in total. The SMILES string of the molecule is Cc1cccc(NC(=O)N2CCCC(C(=O)N(C)C3CCNC3)C2)c1. The third-order valence-electron chi connectivity index (χ3n) is 5.26. The summed E-state index contributed by atoms with van der Waals surface area (Å²) >= 11 is 0. The van der Waals surface area contributed by atoms with Crippen LogP contribution in [0.2, 0.25) is 0 Å². The minimum atomic E-state index is -0.117. The molecule has 2 heterocycles. The smallest absolute Gasteiger partial charge is 0.321 e. The Bertz CT molecular complexity index is 628. The molecule has 2 aliphatic rings. The zero-order valence-electron chi connectivity index (χ0n) is 15.1. The number of likely N-dealkylation sites (tertiary alicyclic amines) is 1. The molecule has 2 unspecified atom stereocenters. The highest BCUT2D eigenvalue weighted by molar-refractivity contribution is 5.90. The van der Waals surface area contributed by atoms with Crippen molar-refractivity contribution in [3.8, 4) is 0 Å². The van der Waals surface area contributed by atoms with Crippen molar-refractivity contribution in [2.45, 2.75) is 32.2 Å². The predicted molar refractivity (Wildman–Crippen MR) is 98.5 cm³/mol. The average Bonchev–Trinajstić information content (AvgIpc) is 3.15. The molecule has 0 bridgehead atoms. The molecule has 0 saturated carbocycles. The summed E-state index contributed by atoms with van der Waals surface area (Å²) in [5.74, 6) is 0.0735. The molecule has 3 rings (SSSR count). The zero-order chi connectivity index (χ0) is 17.8. The van der Waals surface area contributed by atoms with Gasteiger partial charge in [-0.15, -0.1) is 0 Å². The fourth-order valence-corrected chi connectivity index (χ4v) is 3.73. The fourth-order valence-electron chi connectivity index (χ4n) is 3.73. The van der Waals surface area contributed by atoms with E-state index >= 15 is 0 Å². The molecule has 2 saturated heterocycles. The number of likely N-dealkylation sites (N-methyl/N-ethyl adjacent to an activating group) is 1. The van der Waals surface area contributed by atoms with E-state index in [0.717, 1.165) is 43.6 Å². The lowest BCUT2D eigenvalue weighted by atomic mass is 9.96. The molecule has 1 aromatic rings. The first-order valence-corrected chi connectivity index (χ1v) is 9.14. The summed E-state index contributed by atoms with van der Waals surface area (Å²) in [6.45, 7) is 5.04. The molecular weight excluding hydrogens is 316 g/mol. The first kappa shape index (κ1) is 17.7. The Labute approximate surface area is 149 Å². The molecule has 25 heavy (non-hydrogen) atoms. The summed E-state index contributed by atoms with van der Waals surface area (Å²) < 4.78 is 0.